The average molecular weight is 529 g/mol. The van der Waals surface area contributed by atoms with Crippen LogP contribution in [-0.4, -0.2) is 35.3 Å². The zero-order chi connectivity index (χ0) is 27.8. The van der Waals surface area contributed by atoms with Gasteiger partial charge in [-0.1, -0.05) is 60.7 Å². The monoisotopic (exact) mass is 528 g/mol. The Balaban J connectivity index is 1.42. The molecule has 1 atom stereocenters. The molecule has 3 N–H and O–H groups in total. The standard InChI is InChI=1S/C31H28N8O/c1-19-24(18-38(3)36-19)14-13-22-11-7-12-23-17-25(28(35-27(22)23)21-9-5-4-6-10-21)20(2)34-31(40)26-29(32)37-39-16-8-15-33-30(26)39/h4-18,20H,1-3H3,(H2,32,37)(H,34,40)/b14-13+. The molecule has 198 valence electrons. The lowest BCUT2D eigenvalue weighted by molar-refractivity contribution is 0.0942. The highest BCUT2D eigenvalue weighted by atomic mass is 16.1. The summed E-state index contributed by atoms with van der Waals surface area (Å²) >= 11 is 0. The Hall–Kier alpha value is -5.31. The summed E-state index contributed by atoms with van der Waals surface area (Å²) in [5, 5.41) is 12.7. The minimum Gasteiger partial charge on any atom is -0.381 e. The minimum absolute atomic E-state index is 0.128. The van der Waals surface area contributed by atoms with E-state index in [-0.39, 0.29) is 23.3 Å². The van der Waals surface area contributed by atoms with Crippen molar-refractivity contribution < 1.29 is 4.79 Å². The number of nitrogens with zero attached hydrogens (tertiary/aromatic N) is 6. The number of carbonyl (C=O) groups is 1. The van der Waals surface area contributed by atoms with E-state index in [1.807, 2.05) is 74.2 Å². The van der Waals surface area contributed by atoms with Crippen molar-refractivity contribution in [2.24, 2.45) is 7.05 Å². The van der Waals surface area contributed by atoms with Crippen LogP contribution in [0.4, 0.5) is 5.82 Å². The van der Waals surface area contributed by atoms with E-state index in [0.717, 1.165) is 44.5 Å². The molecule has 6 rings (SSSR count). The van der Waals surface area contributed by atoms with Crippen LogP contribution < -0.4 is 11.1 Å². The summed E-state index contributed by atoms with van der Waals surface area (Å²) in [6.45, 7) is 3.94. The first kappa shape index (κ1) is 25.0. The molecule has 0 aliphatic carbocycles. The summed E-state index contributed by atoms with van der Waals surface area (Å²) in [6, 6.07) is 19.5. The number of fused-ring (bicyclic) bond motifs is 2. The van der Waals surface area contributed by atoms with Gasteiger partial charge < -0.3 is 11.1 Å². The van der Waals surface area contributed by atoms with E-state index >= 15 is 0 Å². The Kier molecular flexibility index (Phi) is 6.31. The lowest BCUT2D eigenvalue weighted by Gasteiger charge is -2.19. The number of anilines is 1. The third-order valence-corrected chi connectivity index (χ3v) is 6.91. The number of aryl methyl sites for hydroxylation is 2. The maximum atomic E-state index is 13.4. The number of para-hydroxylation sites is 1. The SMILES string of the molecule is Cc1nn(C)cc1/C=C/c1cccc2cc(C(C)NC(=O)c3c(N)nn4cccnc34)c(-c3ccccc3)nc12. The second-order valence-corrected chi connectivity index (χ2v) is 9.73. The van der Waals surface area contributed by atoms with Crippen molar-refractivity contribution in [2.45, 2.75) is 19.9 Å². The van der Waals surface area contributed by atoms with E-state index in [2.05, 4.69) is 44.8 Å². The van der Waals surface area contributed by atoms with Crippen molar-refractivity contribution in [1.82, 2.24) is 34.7 Å². The number of hydrogen-bond donors (Lipinski definition) is 2. The number of nitrogen functional groups attached to an aromatic ring is 1. The molecule has 4 aromatic heterocycles. The van der Waals surface area contributed by atoms with Crippen molar-refractivity contribution in [3.05, 3.63) is 107 Å². The third kappa shape index (κ3) is 4.58. The average Bonchev–Trinajstić information content (AvgIpc) is 3.47. The molecule has 0 aliphatic rings. The molecular weight excluding hydrogens is 500 g/mol. The van der Waals surface area contributed by atoms with Crippen molar-refractivity contribution in [1.29, 1.82) is 0 Å². The number of pyridine rings is 1. The highest BCUT2D eigenvalue weighted by molar-refractivity contribution is 6.04. The molecule has 1 unspecified atom stereocenters. The Labute approximate surface area is 231 Å². The molecule has 0 fully saturated rings. The molecule has 9 nitrogen and oxygen atoms in total. The minimum atomic E-state index is -0.380. The molecule has 0 spiro atoms. The lowest BCUT2D eigenvalue weighted by atomic mass is 9.97. The third-order valence-electron chi connectivity index (χ3n) is 6.91. The van der Waals surface area contributed by atoms with E-state index in [1.165, 1.54) is 4.52 Å². The van der Waals surface area contributed by atoms with Gasteiger partial charge in [0.2, 0.25) is 0 Å². The lowest BCUT2D eigenvalue weighted by Crippen LogP contribution is -2.28. The molecule has 0 radical (unpaired) electrons. The highest BCUT2D eigenvalue weighted by Gasteiger charge is 2.23. The molecule has 2 aromatic carbocycles. The Morgan fingerprint density at radius 2 is 1.82 bits per heavy atom. The van der Waals surface area contributed by atoms with Gasteiger partial charge in [-0.2, -0.15) is 5.10 Å². The molecule has 0 saturated carbocycles. The summed E-state index contributed by atoms with van der Waals surface area (Å²) in [5.41, 5.74) is 13.3. The molecule has 4 heterocycles. The Bertz CT molecular complexity index is 1900. The molecular formula is C31H28N8O. The maximum absolute atomic E-state index is 13.4. The van der Waals surface area contributed by atoms with Gasteiger partial charge in [0, 0.05) is 53.3 Å². The zero-order valence-corrected chi connectivity index (χ0v) is 22.4. The normalized spacial score (nSPS) is 12.4. The number of nitrogens with two attached hydrogens (primary N) is 1. The topological polar surface area (TPSA) is 116 Å². The maximum Gasteiger partial charge on any atom is 0.259 e. The highest BCUT2D eigenvalue weighted by Crippen LogP contribution is 2.32. The number of hydrogen-bond acceptors (Lipinski definition) is 6. The molecule has 0 saturated heterocycles. The summed E-state index contributed by atoms with van der Waals surface area (Å²) in [5.74, 6) is -0.218. The fourth-order valence-corrected chi connectivity index (χ4v) is 4.96. The van der Waals surface area contributed by atoms with Crippen molar-refractivity contribution >= 4 is 40.4 Å². The van der Waals surface area contributed by atoms with E-state index in [0.29, 0.717) is 5.65 Å². The number of aromatic nitrogens is 6. The number of carbonyl (C=O) groups excluding carboxylic acids is 1. The van der Waals surface area contributed by atoms with Crippen LogP contribution in [0.15, 0.2) is 79.3 Å². The van der Waals surface area contributed by atoms with E-state index in [1.54, 1.807) is 18.5 Å². The summed E-state index contributed by atoms with van der Waals surface area (Å²) in [7, 11) is 1.91. The molecule has 6 aromatic rings. The summed E-state index contributed by atoms with van der Waals surface area (Å²) in [6.07, 6.45) is 9.45. The summed E-state index contributed by atoms with van der Waals surface area (Å²) < 4.78 is 3.31. The van der Waals surface area contributed by atoms with E-state index in [9.17, 15) is 4.79 Å². The van der Waals surface area contributed by atoms with Crippen LogP contribution in [0.5, 0.6) is 0 Å². The number of benzene rings is 2. The second-order valence-electron chi connectivity index (χ2n) is 9.73. The van der Waals surface area contributed by atoms with Gasteiger partial charge in [-0.25, -0.2) is 14.5 Å². The smallest absolute Gasteiger partial charge is 0.259 e. The van der Waals surface area contributed by atoms with Crippen LogP contribution in [0, 0.1) is 6.92 Å². The van der Waals surface area contributed by atoms with Crippen LogP contribution in [-0.2, 0) is 7.05 Å². The van der Waals surface area contributed by atoms with Crippen molar-refractivity contribution in [3.63, 3.8) is 0 Å². The zero-order valence-electron chi connectivity index (χ0n) is 22.4. The number of nitrogens with one attached hydrogen (secondary N) is 1. The van der Waals surface area contributed by atoms with Gasteiger partial charge in [-0.15, -0.1) is 5.10 Å². The summed E-state index contributed by atoms with van der Waals surface area (Å²) in [4.78, 5) is 22.9. The van der Waals surface area contributed by atoms with Crippen molar-refractivity contribution in [3.8, 4) is 11.3 Å². The Morgan fingerprint density at radius 3 is 2.60 bits per heavy atom. The van der Waals surface area contributed by atoms with Crippen LogP contribution >= 0.6 is 0 Å². The first-order chi connectivity index (χ1) is 19.4. The van der Waals surface area contributed by atoms with Gasteiger partial charge >= 0.3 is 0 Å². The van der Waals surface area contributed by atoms with Crippen molar-refractivity contribution in [2.75, 3.05) is 5.73 Å². The quantitative estimate of drug-likeness (QED) is 0.306. The van der Waals surface area contributed by atoms with Crippen LogP contribution in [0.1, 0.15) is 45.7 Å². The predicted octanol–water partition coefficient (Wildman–Crippen LogP) is 5.23. The van der Waals surface area contributed by atoms with Gasteiger partial charge in [-0.3, -0.25) is 9.48 Å². The van der Waals surface area contributed by atoms with Gasteiger partial charge in [-0.05, 0) is 26.0 Å². The van der Waals surface area contributed by atoms with Crippen LogP contribution in [0.2, 0.25) is 0 Å². The van der Waals surface area contributed by atoms with Gasteiger partial charge in [0.05, 0.1) is 22.9 Å². The first-order valence-electron chi connectivity index (χ1n) is 13.0. The molecule has 0 bridgehead atoms. The fourth-order valence-electron chi connectivity index (χ4n) is 4.96. The number of rotatable bonds is 6. The molecule has 9 heteroatoms. The largest absolute Gasteiger partial charge is 0.381 e. The predicted molar refractivity (Wildman–Crippen MR) is 157 cm³/mol. The number of amides is 1. The molecule has 1 amide bonds. The Morgan fingerprint density at radius 1 is 1.02 bits per heavy atom. The van der Waals surface area contributed by atoms with Crippen LogP contribution in [0.3, 0.4) is 0 Å². The van der Waals surface area contributed by atoms with E-state index in [4.69, 9.17) is 10.7 Å². The second kappa shape index (κ2) is 10.1. The van der Waals surface area contributed by atoms with Gasteiger partial charge in [0.1, 0.15) is 5.56 Å². The van der Waals surface area contributed by atoms with Gasteiger partial charge in [0.25, 0.3) is 5.91 Å². The fraction of sp³-hybridized carbons (Fsp3) is 0.129. The van der Waals surface area contributed by atoms with Crippen LogP contribution in [0.25, 0.3) is 40.0 Å². The van der Waals surface area contributed by atoms with E-state index < -0.39 is 0 Å². The van der Waals surface area contributed by atoms with Gasteiger partial charge in [0.15, 0.2) is 11.5 Å². The molecule has 0 aliphatic heterocycles. The first-order valence-corrected chi connectivity index (χ1v) is 13.0. The molecule has 40 heavy (non-hydrogen) atoms.